The molecule has 0 aliphatic rings. The van der Waals surface area contributed by atoms with E-state index in [1.807, 2.05) is 0 Å². The van der Waals surface area contributed by atoms with Crippen molar-refractivity contribution in [3.63, 3.8) is 0 Å². The zero-order valence-corrected chi connectivity index (χ0v) is 15.8. The molecule has 0 spiro atoms. The molecular formula is C18H23N3O6. The molecule has 0 aliphatic carbocycles. The smallest absolute Gasteiger partial charge is 0.271 e. The van der Waals surface area contributed by atoms with E-state index >= 15 is 0 Å². The number of amides is 1. The normalized spacial score (nSPS) is 10.4. The van der Waals surface area contributed by atoms with Crippen LogP contribution >= 0.6 is 0 Å². The molecule has 1 aromatic heterocycles. The fraction of sp³-hybridized carbons (Fsp3) is 0.389. The maximum atomic E-state index is 12.4. The monoisotopic (exact) mass is 377 g/mol. The van der Waals surface area contributed by atoms with Gasteiger partial charge >= 0.3 is 0 Å². The highest BCUT2D eigenvalue weighted by molar-refractivity contribution is 5.91. The highest BCUT2D eigenvalue weighted by atomic mass is 16.5. The van der Waals surface area contributed by atoms with Crippen LogP contribution in [-0.2, 0) is 17.8 Å². The van der Waals surface area contributed by atoms with Crippen LogP contribution in [0.4, 0.5) is 0 Å². The van der Waals surface area contributed by atoms with Crippen LogP contribution in [0.5, 0.6) is 17.2 Å². The number of benzene rings is 1. The summed E-state index contributed by atoms with van der Waals surface area (Å²) in [5, 5.41) is 6.82. The van der Waals surface area contributed by atoms with E-state index in [-0.39, 0.29) is 24.3 Å². The van der Waals surface area contributed by atoms with Crippen LogP contribution in [0.25, 0.3) is 0 Å². The van der Waals surface area contributed by atoms with E-state index in [1.54, 1.807) is 12.1 Å². The van der Waals surface area contributed by atoms with Crippen LogP contribution in [-0.4, -0.2) is 50.7 Å². The minimum Gasteiger partial charge on any atom is -0.493 e. The quantitative estimate of drug-likeness (QED) is 0.691. The lowest BCUT2D eigenvalue weighted by Gasteiger charge is -2.14. The Labute approximate surface area is 156 Å². The lowest BCUT2D eigenvalue weighted by molar-refractivity contribution is 0.0942. The number of nitrogens with zero attached hydrogens (tertiary/aromatic N) is 2. The van der Waals surface area contributed by atoms with Gasteiger partial charge in [0.2, 0.25) is 5.75 Å². The zero-order valence-electron chi connectivity index (χ0n) is 15.8. The van der Waals surface area contributed by atoms with Crippen LogP contribution < -0.4 is 25.1 Å². The average Bonchev–Trinajstić information content (AvgIpc) is 2.70. The standard InChI is InChI=1S/C18H23N3O6/c1-24-8-7-21-16(22)6-5-13(20-21)18(23)19-11-12-9-14(25-2)17(27-4)15(10-12)26-3/h5-6,9-10H,7-8,11H2,1-4H3,(H,19,23). The second-order valence-corrected chi connectivity index (χ2v) is 5.49. The van der Waals surface area contributed by atoms with Crippen molar-refractivity contribution in [2.45, 2.75) is 13.1 Å². The van der Waals surface area contributed by atoms with Gasteiger partial charge in [0.05, 0.1) is 34.5 Å². The number of rotatable bonds is 9. The molecule has 0 atom stereocenters. The molecule has 9 nitrogen and oxygen atoms in total. The van der Waals surface area contributed by atoms with E-state index in [0.717, 1.165) is 5.56 Å². The number of hydrogen-bond acceptors (Lipinski definition) is 7. The number of nitrogens with one attached hydrogen (secondary N) is 1. The Bertz CT molecular complexity index is 824. The summed E-state index contributed by atoms with van der Waals surface area (Å²) in [5.41, 5.74) is 0.594. The van der Waals surface area contributed by atoms with Crippen molar-refractivity contribution in [1.29, 1.82) is 0 Å². The third-order valence-electron chi connectivity index (χ3n) is 3.78. The molecule has 2 rings (SSSR count). The molecule has 1 amide bonds. The highest BCUT2D eigenvalue weighted by Gasteiger charge is 2.15. The summed E-state index contributed by atoms with van der Waals surface area (Å²) in [6, 6.07) is 6.18. The van der Waals surface area contributed by atoms with Gasteiger partial charge in [-0.1, -0.05) is 0 Å². The van der Waals surface area contributed by atoms with Crippen LogP contribution in [0.2, 0.25) is 0 Å². The number of hydrogen-bond donors (Lipinski definition) is 1. The SMILES string of the molecule is COCCn1nc(C(=O)NCc2cc(OC)c(OC)c(OC)c2)ccc1=O. The van der Waals surface area contributed by atoms with Crippen LogP contribution in [0.3, 0.4) is 0 Å². The summed E-state index contributed by atoms with van der Waals surface area (Å²) < 4.78 is 22.0. The zero-order chi connectivity index (χ0) is 19.8. The maximum Gasteiger partial charge on any atom is 0.271 e. The van der Waals surface area contributed by atoms with Gasteiger partial charge in [-0.15, -0.1) is 0 Å². The van der Waals surface area contributed by atoms with Gasteiger partial charge in [0.1, 0.15) is 5.69 Å². The van der Waals surface area contributed by atoms with Crippen molar-refractivity contribution in [2.75, 3.05) is 35.0 Å². The summed E-state index contributed by atoms with van der Waals surface area (Å²) in [5.74, 6) is 1.05. The van der Waals surface area contributed by atoms with Crippen molar-refractivity contribution >= 4 is 5.91 Å². The Morgan fingerprint density at radius 2 is 1.74 bits per heavy atom. The fourth-order valence-corrected chi connectivity index (χ4v) is 2.42. The number of methoxy groups -OCH3 is 4. The summed E-state index contributed by atoms with van der Waals surface area (Å²) in [6.45, 7) is 0.807. The van der Waals surface area contributed by atoms with Gasteiger partial charge in [0.25, 0.3) is 11.5 Å². The average molecular weight is 377 g/mol. The Morgan fingerprint density at radius 1 is 1.07 bits per heavy atom. The van der Waals surface area contributed by atoms with Crippen molar-refractivity contribution in [1.82, 2.24) is 15.1 Å². The Morgan fingerprint density at radius 3 is 2.30 bits per heavy atom. The molecule has 0 saturated carbocycles. The third-order valence-corrected chi connectivity index (χ3v) is 3.78. The van der Waals surface area contributed by atoms with Crippen LogP contribution in [0.1, 0.15) is 16.1 Å². The minimum atomic E-state index is -0.407. The lowest BCUT2D eigenvalue weighted by Crippen LogP contribution is -2.30. The predicted molar refractivity (Wildman–Crippen MR) is 97.6 cm³/mol. The molecule has 0 saturated heterocycles. The first-order chi connectivity index (χ1) is 13.0. The van der Waals surface area contributed by atoms with Crippen LogP contribution in [0.15, 0.2) is 29.1 Å². The molecule has 0 aliphatic heterocycles. The molecule has 0 bridgehead atoms. The first-order valence-corrected chi connectivity index (χ1v) is 8.18. The molecule has 0 unspecified atom stereocenters. The largest absolute Gasteiger partial charge is 0.493 e. The van der Waals surface area contributed by atoms with Gasteiger partial charge in [-0.25, -0.2) is 4.68 Å². The Hall–Kier alpha value is -3.07. The molecule has 1 aromatic carbocycles. The maximum absolute atomic E-state index is 12.4. The molecule has 146 valence electrons. The van der Waals surface area contributed by atoms with Gasteiger partial charge in [0.15, 0.2) is 11.5 Å². The predicted octanol–water partition coefficient (Wildman–Crippen LogP) is 0.845. The van der Waals surface area contributed by atoms with Gasteiger partial charge in [0, 0.05) is 19.7 Å². The number of carbonyl (C=O) groups excluding carboxylic acids is 1. The molecule has 9 heteroatoms. The lowest BCUT2D eigenvalue weighted by atomic mass is 10.1. The summed E-state index contributed by atoms with van der Waals surface area (Å²) in [6.07, 6.45) is 0. The van der Waals surface area contributed by atoms with Crippen molar-refractivity contribution in [3.8, 4) is 17.2 Å². The number of ether oxygens (including phenoxy) is 4. The first kappa shape index (κ1) is 20.2. The second kappa shape index (κ2) is 9.58. The van der Waals surface area contributed by atoms with Gasteiger partial charge in [-0.05, 0) is 23.8 Å². The Kier molecular flexibility index (Phi) is 7.18. The molecule has 0 fully saturated rings. The molecule has 2 aromatic rings. The molecule has 0 radical (unpaired) electrons. The fourth-order valence-electron chi connectivity index (χ4n) is 2.42. The molecule has 1 heterocycles. The summed E-state index contributed by atoms with van der Waals surface area (Å²) in [7, 11) is 6.09. The topological polar surface area (TPSA) is 101 Å². The molecular weight excluding hydrogens is 354 g/mol. The Balaban J connectivity index is 2.14. The molecule has 1 N–H and O–H groups in total. The molecule has 27 heavy (non-hydrogen) atoms. The van der Waals surface area contributed by atoms with E-state index in [0.29, 0.717) is 23.9 Å². The van der Waals surface area contributed by atoms with Gasteiger partial charge in [-0.2, -0.15) is 5.10 Å². The summed E-state index contributed by atoms with van der Waals surface area (Å²) in [4.78, 5) is 24.1. The van der Waals surface area contributed by atoms with Crippen LogP contribution in [0, 0.1) is 0 Å². The van der Waals surface area contributed by atoms with E-state index in [9.17, 15) is 9.59 Å². The van der Waals surface area contributed by atoms with Crippen molar-refractivity contribution in [3.05, 3.63) is 45.9 Å². The second-order valence-electron chi connectivity index (χ2n) is 5.49. The highest BCUT2D eigenvalue weighted by Crippen LogP contribution is 2.38. The minimum absolute atomic E-state index is 0.137. The van der Waals surface area contributed by atoms with E-state index in [2.05, 4.69) is 10.4 Å². The van der Waals surface area contributed by atoms with Gasteiger partial charge < -0.3 is 24.3 Å². The van der Waals surface area contributed by atoms with Crippen molar-refractivity contribution in [2.24, 2.45) is 0 Å². The van der Waals surface area contributed by atoms with E-state index in [1.165, 1.54) is 45.3 Å². The van der Waals surface area contributed by atoms with Crippen molar-refractivity contribution < 1.29 is 23.7 Å². The summed E-state index contributed by atoms with van der Waals surface area (Å²) >= 11 is 0. The van der Waals surface area contributed by atoms with E-state index in [4.69, 9.17) is 18.9 Å². The van der Waals surface area contributed by atoms with E-state index < -0.39 is 5.91 Å². The number of carbonyl (C=O) groups is 1. The number of aromatic nitrogens is 2. The first-order valence-electron chi connectivity index (χ1n) is 8.18. The van der Waals surface area contributed by atoms with Gasteiger partial charge in [-0.3, -0.25) is 9.59 Å². The third kappa shape index (κ3) is 4.98.